The fourth-order valence-electron chi connectivity index (χ4n) is 2.34. The van der Waals surface area contributed by atoms with Crippen molar-refractivity contribution in [1.29, 1.82) is 0 Å². The standard InChI is InChI=1S/C19H16N2O/c1-14-6-2-5-9-18(14)19(22)21-20-13-15-10-11-16-7-3-4-8-17(16)12-15/h2-13H,1H3,(H,21,22)/b20-13-. The molecule has 0 spiro atoms. The lowest BCUT2D eigenvalue weighted by atomic mass is 10.1. The molecule has 1 N–H and O–H groups in total. The molecule has 0 fully saturated rings. The normalized spacial score (nSPS) is 11.0. The zero-order valence-electron chi connectivity index (χ0n) is 12.3. The van der Waals surface area contributed by atoms with Gasteiger partial charge in [0, 0.05) is 5.56 Å². The van der Waals surface area contributed by atoms with Crippen LogP contribution in [0.3, 0.4) is 0 Å². The van der Waals surface area contributed by atoms with E-state index in [1.807, 2.05) is 55.5 Å². The minimum atomic E-state index is -0.199. The lowest BCUT2D eigenvalue weighted by Gasteiger charge is -2.03. The quantitative estimate of drug-likeness (QED) is 0.576. The third-order valence-electron chi connectivity index (χ3n) is 3.54. The van der Waals surface area contributed by atoms with Crippen molar-refractivity contribution in [1.82, 2.24) is 5.43 Å². The summed E-state index contributed by atoms with van der Waals surface area (Å²) in [5.41, 5.74) is 5.08. The van der Waals surface area contributed by atoms with Crippen molar-refractivity contribution in [3.05, 3.63) is 83.4 Å². The number of carbonyl (C=O) groups excluding carboxylic acids is 1. The van der Waals surface area contributed by atoms with E-state index in [1.54, 1.807) is 12.3 Å². The van der Waals surface area contributed by atoms with E-state index < -0.39 is 0 Å². The van der Waals surface area contributed by atoms with Crippen LogP contribution in [0.15, 0.2) is 71.8 Å². The molecule has 0 heterocycles. The van der Waals surface area contributed by atoms with Crippen LogP contribution in [0.25, 0.3) is 10.8 Å². The van der Waals surface area contributed by atoms with Crippen molar-refractivity contribution in [2.75, 3.05) is 0 Å². The number of hydrogen-bond acceptors (Lipinski definition) is 2. The van der Waals surface area contributed by atoms with E-state index in [1.165, 1.54) is 5.39 Å². The second kappa shape index (κ2) is 6.22. The molecule has 108 valence electrons. The Bertz CT molecular complexity index is 853. The number of hydrogen-bond donors (Lipinski definition) is 1. The maximum Gasteiger partial charge on any atom is 0.271 e. The summed E-state index contributed by atoms with van der Waals surface area (Å²) in [5, 5.41) is 6.37. The number of benzene rings is 3. The average molecular weight is 288 g/mol. The minimum Gasteiger partial charge on any atom is -0.267 e. The summed E-state index contributed by atoms with van der Waals surface area (Å²) in [4.78, 5) is 12.0. The van der Waals surface area contributed by atoms with Gasteiger partial charge in [-0.05, 0) is 41.0 Å². The van der Waals surface area contributed by atoms with Gasteiger partial charge in [0.2, 0.25) is 0 Å². The highest BCUT2D eigenvalue weighted by atomic mass is 16.2. The van der Waals surface area contributed by atoms with E-state index in [0.717, 1.165) is 16.5 Å². The Morgan fingerprint density at radius 1 is 0.955 bits per heavy atom. The van der Waals surface area contributed by atoms with Gasteiger partial charge in [-0.25, -0.2) is 5.43 Å². The highest BCUT2D eigenvalue weighted by Crippen LogP contribution is 2.14. The van der Waals surface area contributed by atoms with Crippen LogP contribution < -0.4 is 5.43 Å². The van der Waals surface area contributed by atoms with E-state index in [0.29, 0.717) is 5.56 Å². The maximum atomic E-state index is 12.0. The topological polar surface area (TPSA) is 41.5 Å². The number of rotatable bonds is 3. The Hall–Kier alpha value is -2.94. The average Bonchev–Trinajstić information content (AvgIpc) is 2.55. The monoisotopic (exact) mass is 288 g/mol. The number of aryl methyl sites for hydroxylation is 1. The van der Waals surface area contributed by atoms with Crippen LogP contribution in [0, 0.1) is 6.92 Å². The molecule has 3 heteroatoms. The lowest BCUT2D eigenvalue weighted by molar-refractivity contribution is 0.0954. The van der Waals surface area contributed by atoms with Crippen molar-refractivity contribution in [3.8, 4) is 0 Å². The number of carbonyl (C=O) groups is 1. The molecule has 0 aliphatic rings. The first-order chi connectivity index (χ1) is 10.7. The first-order valence-corrected chi connectivity index (χ1v) is 7.12. The Morgan fingerprint density at radius 3 is 2.50 bits per heavy atom. The fraction of sp³-hybridized carbons (Fsp3) is 0.0526. The largest absolute Gasteiger partial charge is 0.271 e. The van der Waals surface area contributed by atoms with Crippen LogP contribution in [0.5, 0.6) is 0 Å². The van der Waals surface area contributed by atoms with Gasteiger partial charge in [0.15, 0.2) is 0 Å². The molecule has 22 heavy (non-hydrogen) atoms. The lowest BCUT2D eigenvalue weighted by Crippen LogP contribution is -2.18. The third kappa shape index (κ3) is 3.04. The van der Waals surface area contributed by atoms with E-state index in [-0.39, 0.29) is 5.91 Å². The Labute approximate surface area is 129 Å². The van der Waals surface area contributed by atoms with E-state index in [9.17, 15) is 4.79 Å². The van der Waals surface area contributed by atoms with E-state index in [4.69, 9.17) is 0 Å². The van der Waals surface area contributed by atoms with E-state index >= 15 is 0 Å². The second-order valence-electron chi connectivity index (χ2n) is 5.12. The number of amides is 1. The predicted octanol–water partition coefficient (Wildman–Crippen LogP) is 3.91. The second-order valence-corrected chi connectivity index (χ2v) is 5.12. The van der Waals surface area contributed by atoms with Crippen molar-refractivity contribution in [2.45, 2.75) is 6.92 Å². The van der Waals surface area contributed by atoms with Crippen LogP contribution in [-0.4, -0.2) is 12.1 Å². The van der Waals surface area contributed by atoms with Crippen molar-refractivity contribution >= 4 is 22.9 Å². The molecule has 3 nitrogen and oxygen atoms in total. The van der Waals surface area contributed by atoms with Crippen LogP contribution in [0.1, 0.15) is 21.5 Å². The smallest absolute Gasteiger partial charge is 0.267 e. The van der Waals surface area contributed by atoms with Gasteiger partial charge in [-0.1, -0.05) is 54.6 Å². The molecule has 0 aliphatic heterocycles. The molecule has 0 bridgehead atoms. The van der Waals surface area contributed by atoms with Crippen LogP contribution in [0.4, 0.5) is 0 Å². The van der Waals surface area contributed by atoms with Crippen molar-refractivity contribution < 1.29 is 4.79 Å². The number of hydrazone groups is 1. The fourth-order valence-corrected chi connectivity index (χ4v) is 2.34. The zero-order chi connectivity index (χ0) is 15.4. The highest BCUT2D eigenvalue weighted by molar-refractivity contribution is 5.96. The van der Waals surface area contributed by atoms with Gasteiger partial charge in [0.25, 0.3) is 5.91 Å². The van der Waals surface area contributed by atoms with Gasteiger partial charge in [0.1, 0.15) is 0 Å². The van der Waals surface area contributed by atoms with E-state index in [2.05, 4.69) is 22.7 Å². The molecule has 0 radical (unpaired) electrons. The van der Waals surface area contributed by atoms with Gasteiger partial charge < -0.3 is 0 Å². The molecule has 0 atom stereocenters. The summed E-state index contributed by atoms with van der Waals surface area (Å²) in [6.07, 6.45) is 1.66. The molecular formula is C19H16N2O. The first kappa shape index (κ1) is 14.0. The zero-order valence-corrected chi connectivity index (χ0v) is 12.3. The summed E-state index contributed by atoms with van der Waals surface area (Å²) in [5.74, 6) is -0.199. The minimum absolute atomic E-state index is 0.199. The molecule has 3 aromatic carbocycles. The highest BCUT2D eigenvalue weighted by Gasteiger charge is 2.06. The van der Waals surface area contributed by atoms with Crippen LogP contribution >= 0.6 is 0 Å². The molecule has 0 aromatic heterocycles. The maximum absolute atomic E-state index is 12.0. The molecule has 3 rings (SSSR count). The molecule has 0 saturated carbocycles. The van der Waals surface area contributed by atoms with Crippen molar-refractivity contribution in [3.63, 3.8) is 0 Å². The molecule has 0 saturated heterocycles. The summed E-state index contributed by atoms with van der Waals surface area (Å²) < 4.78 is 0. The van der Waals surface area contributed by atoms with Gasteiger partial charge in [0.05, 0.1) is 6.21 Å². The molecule has 0 aliphatic carbocycles. The SMILES string of the molecule is Cc1ccccc1C(=O)N/N=C\c1ccc2ccccc2c1. The van der Waals surface area contributed by atoms with Gasteiger partial charge in [-0.15, -0.1) is 0 Å². The number of nitrogens with zero attached hydrogens (tertiary/aromatic N) is 1. The van der Waals surface area contributed by atoms with Crippen LogP contribution in [0.2, 0.25) is 0 Å². The Morgan fingerprint density at radius 2 is 1.68 bits per heavy atom. The van der Waals surface area contributed by atoms with Crippen molar-refractivity contribution in [2.24, 2.45) is 5.10 Å². The summed E-state index contributed by atoms with van der Waals surface area (Å²) in [6, 6.07) is 21.6. The van der Waals surface area contributed by atoms with Gasteiger partial charge >= 0.3 is 0 Å². The summed E-state index contributed by atoms with van der Waals surface area (Å²) in [7, 11) is 0. The number of nitrogens with one attached hydrogen (secondary N) is 1. The summed E-state index contributed by atoms with van der Waals surface area (Å²) in [6.45, 7) is 1.90. The van der Waals surface area contributed by atoms with Gasteiger partial charge in [-0.3, -0.25) is 4.79 Å². The Balaban J connectivity index is 1.73. The third-order valence-corrected chi connectivity index (χ3v) is 3.54. The molecule has 1 amide bonds. The molecule has 3 aromatic rings. The van der Waals surface area contributed by atoms with Gasteiger partial charge in [-0.2, -0.15) is 5.10 Å². The summed E-state index contributed by atoms with van der Waals surface area (Å²) >= 11 is 0. The Kier molecular flexibility index (Phi) is 3.97. The molecule has 0 unspecified atom stereocenters. The predicted molar refractivity (Wildman–Crippen MR) is 90.2 cm³/mol. The first-order valence-electron chi connectivity index (χ1n) is 7.12. The van der Waals surface area contributed by atoms with Crippen LogP contribution in [-0.2, 0) is 0 Å². The molecular weight excluding hydrogens is 272 g/mol. The number of fused-ring (bicyclic) bond motifs is 1.